The monoisotopic (exact) mass is 522 g/mol. The van der Waals surface area contributed by atoms with Crippen LogP contribution >= 0.6 is 22.9 Å². The Morgan fingerprint density at radius 2 is 1.78 bits per heavy atom. The lowest BCUT2D eigenvalue weighted by Crippen LogP contribution is -2.48. The van der Waals surface area contributed by atoms with E-state index < -0.39 is 0 Å². The van der Waals surface area contributed by atoms with E-state index in [4.69, 9.17) is 26.1 Å². The van der Waals surface area contributed by atoms with Crippen molar-refractivity contribution in [3.63, 3.8) is 0 Å². The summed E-state index contributed by atoms with van der Waals surface area (Å²) in [5.41, 5.74) is 1.34. The maximum absolute atomic E-state index is 12.9. The molecule has 9 heteroatoms. The van der Waals surface area contributed by atoms with Crippen molar-refractivity contribution in [2.75, 3.05) is 51.3 Å². The number of thiazole rings is 1. The quantitative estimate of drug-likeness (QED) is 0.338. The fourth-order valence-electron chi connectivity index (χ4n) is 4.21. The standard InChI is InChI=1S/C27H27ClN4O3S/c1-34-25-21(28)11-12-23-24(25)30-27(36-23)32-17-15-31(16-18-32)14-13-29-26(33)20-9-5-6-10-22(20)35-19-7-3-2-4-8-19/h2-12H,13-18H2,1H3,(H,29,33). The summed E-state index contributed by atoms with van der Waals surface area (Å²) in [5.74, 6) is 1.73. The van der Waals surface area contributed by atoms with E-state index in [0.29, 0.717) is 34.4 Å². The number of hydrogen-bond donors (Lipinski definition) is 1. The molecule has 2 heterocycles. The molecule has 0 atom stereocenters. The molecular weight excluding hydrogens is 496 g/mol. The van der Waals surface area contributed by atoms with Gasteiger partial charge in [-0.25, -0.2) is 4.98 Å². The number of nitrogens with zero attached hydrogens (tertiary/aromatic N) is 3. The van der Waals surface area contributed by atoms with Crippen molar-refractivity contribution in [3.8, 4) is 17.2 Å². The van der Waals surface area contributed by atoms with Gasteiger partial charge >= 0.3 is 0 Å². The molecule has 4 aromatic rings. The number of anilines is 1. The number of amides is 1. The highest BCUT2D eigenvalue weighted by Gasteiger charge is 2.21. The number of nitrogens with one attached hydrogen (secondary N) is 1. The molecule has 0 radical (unpaired) electrons. The number of rotatable bonds is 8. The SMILES string of the molecule is COc1c(Cl)ccc2sc(N3CCN(CCNC(=O)c4ccccc4Oc4ccccc4)CC3)nc12. The van der Waals surface area contributed by atoms with Crippen LogP contribution in [0.4, 0.5) is 5.13 Å². The van der Waals surface area contributed by atoms with E-state index in [-0.39, 0.29) is 5.91 Å². The third-order valence-corrected chi connectivity index (χ3v) is 7.50. The lowest BCUT2D eigenvalue weighted by molar-refractivity contribution is 0.0945. The van der Waals surface area contributed by atoms with Crippen molar-refractivity contribution in [3.05, 3.63) is 77.3 Å². The molecule has 3 aromatic carbocycles. The number of fused-ring (bicyclic) bond motifs is 1. The molecule has 1 aliphatic heterocycles. The highest BCUT2D eigenvalue weighted by molar-refractivity contribution is 7.22. The first-order valence-corrected chi connectivity index (χ1v) is 13.0. The normalized spacial score (nSPS) is 14.1. The molecule has 1 saturated heterocycles. The molecule has 1 N–H and O–H groups in total. The number of ether oxygens (including phenoxy) is 2. The van der Waals surface area contributed by atoms with Gasteiger partial charge < -0.3 is 19.7 Å². The van der Waals surface area contributed by atoms with E-state index in [1.807, 2.05) is 60.7 Å². The summed E-state index contributed by atoms with van der Waals surface area (Å²) in [6, 6.07) is 20.6. The van der Waals surface area contributed by atoms with Crippen LogP contribution in [0.15, 0.2) is 66.7 Å². The van der Waals surface area contributed by atoms with Crippen LogP contribution in [0.5, 0.6) is 17.2 Å². The lowest BCUT2D eigenvalue weighted by atomic mass is 10.2. The van der Waals surface area contributed by atoms with Crippen LogP contribution in [0.25, 0.3) is 10.2 Å². The highest BCUT2D eigenvalue weighted by Crippen LogP contribution is 2.38. The van der Waals surface area contributed by atoms with E-state index in [9.17, 15) is 4.79 Å². The molecule has 1 fully saturated rings. The average Bonchev–Trinajstić information content (AvgIpc) is 3.34. The van der Waals surface area contributed by atoms with Gasteiger partial charge in [-0.05, 0) is 36.4 Å². The number of methoxy groups -OCH3 is 1. The molecule has 0 saturated carbocycles. The second-order valence-corrected chi connectivity index (χ2v) is 9.84. The number of carbonyl (C=O) groups is 1. The topological polar surface area (TPSA) is 66.9 Å². The Hall–Kier alpha value is -3.33. The van der Waals surface area contributed by atoms with E-state index in [1.165, 1.54) is 0 Å². The second kappa shape index (κ2) is 11.2. The maximum atomic E-state index is 12.9. The summed E-state index contributed by atoms with van der Waals surface area (Å²) in [4.78, 5) is 22.3. The van der Waals surface area contributed by atoms with E-state index in [2.05, 4.69) is 15.1 Å². The first kappa shape index (κ1) is 24.4. The maximum Gasteiger partial charge on any atom is 0.255 e. The van der Waals surface area contributed by atoms with Crippen molar-refractivity contribution in [1.29, 1.82) is 0 Å². The van der Waals surface area contributed by atoms with Crippen molar-refractivity contribution in [2.24, 2.45) is 0 Å². The van der Waals surface area contributed by atoms with Gasteiger partial charge in [0.1, 0.15) is 17.0 Å². The number of aromatic nitrogens is 1. The first-order valence-electron chi connectivity index (χ1n) is 11.8. The molecule has 0 unspecified atom stereocenters. The molecule has 1 amide bonds. The third kappa shape index (κ3) is 5.41. The minimum atomic E-state index is -0.137. The molecule has 7 nitrogen and oxygen atoms in total. The molecule has 36 heavy (non-hydrogen) atoms. The second-order valence-electron chi connectivity index (χ2n) is 8.42. The molecule has 5 rings (SSSR count). The van der Waals surface area contributed by atoms with Gasteiger partial charge in [0.2, 0.25) is 0 Å². The van der Waals surface area contributed by atoms with Gasteiger partial charge in [0.05, 0.1) is 22.4 Å². The molecule has 0 spiro atoms. The van der Waals surface area contributed by atoms with Gasteiger partial charge in [-0.15, -0.1) is 0 Å². The molecule has 0 bridgehead atoms. The minimum Gasteiger partial charge on any atom is -0.493 e. The van der Waals surface area contributed by atoms with Crippen LogP contribution in [-0.2, 0) is 0 Å². The molecule has 0 aliphatic carbocycles. The van der Waals surface area contributed by atoms with Gasteiger partial charge in [-0.3, -0.25) is 9.69 Å². The highest BCUT2D eigenvalue weighted by atomic mass is 35.5. The fourth-order valence-corrected chi connectivity index (χ4v) is 5.45. The summed E-state index contributed by atoms with van der Waals surface area (Å²) >= 11 is 7.91. The van der Waals surface area contributed by atoms with E-state index in [0.717, 1.165) is 48.1 Å². The van der Waals surface area contributed by atoms with Gasteiger partial charge in [0.25, 0.3) is 5.91 Å². The molecule has 1 aromatic heterocycles. The number of piperazine rings is 1. The largest absolute Gasteiger partial charge is 0.493 e. The minimum absolute atomic E-state index is 0.137. The van der Waals surface area contributed by atoms with Crippen molar-refractivity contribution in [2.45, 2.75) is 0 Å². The van der Waals surface area contributed by atoms with E-state index >= 15 is 0 Å². The zero-order valence-corrected chi connectivity index (χ0v) is 21.5. The van der Waals surface area contributed by atoms with Crippen LogP contribution in [0, 0.1) is 0 Å². The fraction of sp³-hybridized carbons (Fsp3) is 0.259. The Kier molecular flexibility index (Phi) is 7.55. The first-order chi connectivity index (χ1) is 17.6. The predicted molar refractivity (Wildman–Crippen MR) is 145 cm³/mol. The number of hydrogen-bond acceptors (Lipinski definition) is 7. The lowest BCUT2D eigenvalue weighted by Gasteiger charge is -2.34. The predicted octanol–water partition coefficient (Wildman–Crippen LogP) is 5.30. The van der Waals surface area contributed by atoms with Crippen molar-refractivity contribution < 1.29 is 14.3 Å². The zero-order chi connectivity index (χ0) is 24.9. The third-order valence-electron chi connectivity index (χ3n) is 6.12. The summed E-state index contributed by atoms with van der Waals surface area (Å²) in [7, 11) is 1.62. The van der Waals surface area contributed by atoms with E-state index in [1.54, 1.807) is 24.5 Å². The molecule has 1 aliphatic rings. The van der Waals surface area contributed by atoms with Crippen LogP contribution in [-0.4, -0.2) is 62.2 Å². The Labute approximate surface area is 219 Å². The zero-order valence-electron chi connectivity index (χ0n) is 19.9. The summed E-state index contributed by atoms with van der Waals surface area (Å²) in [6.45, 7) is 4.89. The van der Waals surface area contributed by atoms with Crippen LogP contribution < -0.4 is 19.7 Å². The van der Waals surface area contributed by atoms with Crippen LogP contribution in [0.1, 0.15) is 10.4 Å². The number of benzene rings is 3. The Bertz CT molecular complexity index is 1340. The Balaban J connectivity index is 1.13. The molecule has 186 valence electrons. The van der Waals surface area contributed by atoms with Gasteiger partial charge in [0, 0.05) is 39.3 Å². The number of carbonyl (C=O) groups excluding carboxylic acids is 1. The van der Waals surface area contributed by atoms with Crippen molar-refractivity contribution in [1.82, 2.24) is 15.2 Å². The van der Waals surface area contributed by atoms with Gasteiger partial charge in [0.15, 0.2) is 10.9 Å². The van der Waals surface area contributed by atoms with Gasteiger partial charge in [-0.2, -0.15) is 0 Å². The summed E-state index contributed by atoms with van der Waals surface area (Å²) < 4.78 is 12.4. The number of para-hydroxylation sites is 2. The Morgan fingerprint density at radius 1 is 1.03 bits per heavy atom. The smallest absolute Gasteiger partial charge is 0.255 e. The summed E-state index contributed by atoms with van der Waals surface area (Å²) in [6.07, 6.45) is 0. The van der Waals surface area contributed by atoms with Crippen LogP contribution in [0.2, 0.25) is 5.02 Å². The molecular formula is C27H27ClN4O3S. The number of halogens is 1. The Morgan fingerprint density at radius 3 is 2.56 bits per heavy atom. The average molecular weight is 523 g/mol. The van der Waals surface area contributed by atoms with Crippen LogP contribution in [0.3, 0.4) is 0 Å². The van der Waals surface area contributed by atoms with Gasteiger partial charge in [-0.1, -0.05) is 53.3 Å². The summed E-state index contributed by atoms with van der Waals surface area (Å²) in [5, 5.41) is 4.59. The van der Waals surface area contributed by atoms with Crippen molar-refractivity contribution >= 4 is 44.2 Å².